The van der Waals surface area contributed by atoms with Gasteiger partial charge >= 0.3 is 0 Å². The first-order valence-electron chi connectivity index (χ1n) is 9.45. The van der Waals surface area contributed by atoms with Crippen LogP contribution in [0.15, 0.2) is 78.6 Å². The van der Waals surface area contributed by atoms with Crippen molar-refractivity contribution in [1.82, 2.24) is 9.88 Å². The van der Waals surface area contributed by atoms with Crippen LogP contribution in [0.3, 0.4) is 0 Å². The van der Waals surface area contributed by atoms with Crippen LogP contribution < -0.4 is 0 Å². The largest absolute Gasteiger partial charge is 0.507 e. The number of pyridine rings is 1. The summed E-state index contributed by atoms with van der Waals surface area (Å²) in [5.41, 5.74) is 2.81. The molecule has 0 aliphatic carbocycles. The quantitative estimate of drug-likeness (QED) is 0.404. The average Bonchev–Trinajstić information content (AvgIpc) is 3.00. The molecule has 6 heteroatoms. The number of rotatable bonds is 4. The highest BCUT2D eigenvalue weighted by Crippen LogP contribution is 2.40. The maximum atomic E-state index is 13.3. The molecule has 1 unspecified atom stereocenters. The number of carbonyl (C=O) groups is 2. The molecule has 5 nitrogen and oxygen atoms in total. The highest BCUT2D eigenvalue weighted by atomic mass is 19.1. The van der Waals surface area contributed by atoms with Gasteiger partial charge in [-0.3, -0.25) is 14.6 Å². The maximum absolute atomic E-state index is 13.3. The summed E-state index contributed by atoms with van der Waals surface area (Å²) in [6, 6.07) is 15.4. The zero-order valence-corrected chi connectivity index (χ0v) is 16.2. The van der Waals surface area contributed by atoms with Crippen molar-refractivity contribution in [2.45, 2.75) is 19.5 Å². The number of benzene rings is 2. The number of nitrogens with zero attached hydrogens (tertiary/aromatic N) is 2. The lowest BCUT2D eigenvalue weighted by molar-refractivity contribution is -0.140. The van der Waals surface area contributed by atoms with Gasteiger partial charge in [-0.15, -0.1) is 0 Å². The van der Waals surface area contributed by atoms with E-state index >= 15 is 0 Å². The third kappa shape index (κ3) is 3.59. The molecule has 1 aromatic heterocycles. The van der Waals surface area contributed by atoms with E-state index < -0.39 is 23.5 Å². The Hall–Kier alpha value is -3.80. The summed E-state index contributed by atoms with van der Waals surface area (Å²) in [7, 11) is 0. The van der Waals surface area contributed by atoms with Gasteiger partial charge in [0.2, 0.25) is 0 Å². The maximum Gasteiger partial charge on any atom is 0.295 e. The number of hydrogen-bond donors (Lipinski definition) is 1. The minimum absolute atomic E-state index is 0.00971. The molecule has 0 spiro atoms. The monoisotopic (exact) mass is 402 g/mol. The zero-order valence-electron chi connectivity index (χ0n) is 16.2. The van der Waals surface area contributed by atoms with Crippen LogP contribution in [0.1, 0.15) is 28.3 Å². The van der Waals surface area contributed by atoms with Gasteiger partial charge in [0.25, 0.3) is 11.7 Å². The molecule has 3 aromatic rings. The van der Waals surface area contributed by atoms with Crippen molar-refractivity contribution >= 4 is 17.4 Å². The van der Waals surface area contributed by atoms with Gasteiger partial charge in [0.05, 0.1) is 11.6 Å². The number of aliphatic hydroxyl groups is 1. The number of amides is 1. The highest BCUT2D eigenvalue weighted by Gasteiger charge is 2.46. The summed E-state index contributed by atoms with van der Waals surface area (Å²) < 4.78 is 13.3. The van der Waals surface area contributed by atoms with Crippen molar-refractivity contribution < 1.29 is 19.1 Å². The van der Waals surface area contributed by atoms with Crippen molar-refractivity contribution in [1.29, 1.82) is 0 Å². The normalized spacial score (nSPS) is 18.1. The predicted octanol–water partition coefficient (Wildman–Crippen LogP) is 4.15. The fourth-order valence-corrected chi connectivity index (χ4v) is 3.59. The van der Waals surface area contributed by atoms with Gasteiger partial charge in [-0.2, -0.15) is 0 Å². The number of aliphatic hydroxyl groups excluding tert-OH is 1. The van der Waals surface area contributed by atoms with Crippen molar-refractivity contribution in [3.05, 3.63) is 107 Å². The highest BCUT2D eigenvalue weighted by molar-refractivity contribution is 6.46. The molecule has 0 bridgehead atoms. The van der Waals surface area contributed by atoms with E-state index in [-0.39, 0.29) is 23.4 Å². The first-order valence-corrected chi connectivity index (χ1v) is 9.45. The Morgan fingerprint density at radius 2 is 1.63 bits per heavy atom. The molecular formula is C24H19FN2O3. The van der Waals surface area contributed by atoms with Gasteiger partial charge < -0.3 is 10.0 Å². The van der Waals surface area contributed by atoms with E-state index in [1.807, 2.05) is 31.2 Å². The van der Waals surface area contributed by atoms with Crippen LogP contribution in [0.2, 0.25) is 0 Å². The van der Waals surface area contributed by atoms with Gasteiger partial charge in [0, 0.05) is 24.5 Å². The Labute approximate surface area is 173 Å². The fourth-order valence-electron chi connectivity index (χ4n) is 3.59. The molecule has 30 heavy (non-hydrogen) atoms. The minimum Gasteiger partial charge on any atom is -0.507 e. The molecule has 0 radical (unpaired) electrons. The van der Waals surface area contributed by atoms with E-state index in [9.17, 15) is 19.1 Å². The Morgan fingerprint density at radius 3 is 2.27 bits per heavy atom. The van der Waals surface area contributed by atoms with E-state index in [1.54, 1.807) is 24.5 Å². The van der Waals surface area contributed by atoms with Crippen LogP contribution in [0.4, 0.5) is 4.39 Å². The Balaban J connectivity index is 1.85. The Kier molecular flexibility index (Phi) is 5.14. The molecule has 1 fully saturated rings. The molecule has 1 amide bonds. The first kappa shape index (κ1) is 19.5. The Morgan fingerprint density at radius 1 is 1.00 bits per heavy atom. The lowest BCUT2D eigenvalue weighted by atomic mass is 9.94. The molecule has 1 aliphatic rings. The zero-order chi connectivity index (χ0) is 21.3. The van der Waals surface area contributed by atoms with Crippen LogP contribution in [0.25, 0.3) is 5.76 Å². The number of likely N-dealkylation sites (tertiary alicyclic amines) is 1. The van der Waals surface area contributed by atoms with Gasteiger partial charge in [0.15, 0.2) is 0 Å². The summed E-state index contributed by atoms with van der Waals surface area (Å²) in [4.78, 5) is 31.3. The third-order valence-electron chi connectivity index (χ3n) is 5.15. The van der Waals surface area contributed by atoms with Crippen LogP contribution in [0.5, 0.6) is 0 Å². The molecule has 2 heterocycles. The molecule has 150 valence electrons. The second-order valence-electron chi connectivity index (χ2n) is 7.20. The standard InChI is InChI=1S/C24H19FN2O3/c1-15-2-4-17(5-3-15)21-20(22(28)18-6-8-19(25)9-7-18)23(29)24(30)27(21)14-16-10-12-26-13-11-16/h2-13,21,28H,14H2,1H3/b22-20-. The number of ketones is 1. The van der Waals surface area contributed by atoms with Gasteiger partial charge in [-0.05, 0) is 54.4 Å². The predicted molar refractivity (Wildman–Crippen MR) is 110 cm³/mol. The number of aromatic nitrogens is 1. The van der Waals surface area contributed by atoms with Crippen molar-refractivity contribution in [3.8, 4) is 0 Å². The summed E-state index contributed by atoms with van der Waals surface area (Å²) in [5, 5.41) is 10.9. The van der Waals surface area contributed by atoms with Crippen LogP contribution in [-0.4, -0.2) is 26.7 Å². The second kappa shape index (κ2) is 7.91. The van der Waals surface area contributed by atoms with Gasteiger partial charge in [0.1, 0.15) is 11.6 Å². The van der Waals surface area contributed by atoms with E-state index in [0.717, 1.165) is 11.1 Å². The molecule has 1 aliphatic heterocycles. The SMILES string of the molecule is Cc1ccc(C2/C(=C(/O)c3ccc(F)cc3)C(=O)C(=O)N2Cc2ccncc2)cc1. The van der Waals surface area contributed by atoms with Crippen molar-refractivity contribution in [2.24, 2.45) is 0 Å². The fraction of sp³-hybridized carbons (Fsp3) is 0.125. The summed E-state index contributed by atoms with van der Waals surface area (Å²) in [5.74, 6) is -2.24. The van der Waals surface area contributed by atoms with Crippen LogP contribution in [0, 0.1) is 12.7 Å². The van der Waals surface area contributed by atoms with Crippen molar-refractivity contribution in [2.75, 3.05) is 0 Å². The molecule has 1 N–H and O–H groups in total. The van der Waals surface area contributed by atoms with Crippen LogP contribution in [-0.2, 0) is 16.1 Å². The van der Waals surface area contributed by atoms with E-state index in [1.165, 1.54) is 29.2 Å². The van der Waals surface area contributed by atoms with Gasteiger partial charge in [-0.25, -0.2) is 4.39 Å². The number of halogens is 1. The summed E-state index contributed by atoms with van der Waals surface area (Å²) in [6.07, 6.45) is 3.23. The minimum atomic E-state index is -0.767. The average molecular weight is 402 g/mol. The second-order valence-corrected chi connectivity index (χ2v) is 7.20. The molecule has 1 saturated heterocycles. The van der Waals surface area contributed by atoms with E-state index in [0.29, 0.717) is 5.56 Å². The molecule has 2 aromatic carbocycles. The van der Waals surface area contributed by atoms with E-state index in [2.05, 4.69) is 4.98 Å². The summed E-state index contributed by atoms with van der Waals surface area (Å²) in [6.45, 7) is 2.13. The van der Waals surface area contributed by atoms with Crippen molar-refractivity contribution in [3.63, 3.8) is 0 Å². The topological polar surface area (TPSA) is 70.5 Å². The number of hydrogen-bond acceptors (Lipinski definition) is 4. The first-order chi connectivity index (χ1) is 14.5. The number of aryl methyl sites for hydroxylation is 1. The van der Waals surface area contributed by atoms with Crippen LogP contribution >= 0.6 is 0 Å². The summed E-state index contributed by atoms with van der Waals surface area (Å²) >= 11 is 0. The molecule has 0 saturated carbocycles. The molecule has 1 atom stereocenters. The Bertz CT molecular complexity index is 1120. The lowest BCUT2D eigenvalue weighted by Crippen LogP contribution is -2.29. The lowest BCUT2D eigenvalue weighted by Gasteiger charge is -2.25. The molecular weight excluding hydrogens is 383 g/mol. The smallest absolute Gasteiger partial charge is 0.295 e. The number of Topliss-reactive ketones (excluding diaryl/α,β-unsaturated/α-hetero) is 1. The number of carbonyl (C=O) groups excluding carboxylic acids is 2. The van der Waals surface area contributed by atoms with E-state index in [4.69, 9.17) is 0 Å². The third-order valence-corrected chi connectivity index (χ3v) is 5.15. The van der Waals surface area contributed by atoms with Gasteiger partial charge in [-0.1, -0.05) is 29.8 Å². The molecule has 4 rings (SSSR count).